The van der Waals surface area contributed by atoms with Gasteiger partial charge in [0.05, 0.1) is 17.6 Å². The summed E-state index contributed by atoms with van der Waals surface area (Å²) in [6, 6.07) is 3.58. The topological polar surface area (TPSA) is 78.4 Å². The highest BCUT2D eigenvalue weighted by Gasteiger charge is 2.25. The van der Waals surface area contributed by atoms with Crippen LogP contribution < -0.4 is 10.6 Å². The average molecular weight is 278 g/mol. The number of amides is 2. The van der Waals surface area contributed by atoms with Gasteiger partial charge in [-0.25, -0.2) is 9.18 Å². The number of hydrogen-bond donors (Lipinski definition) is 3. The number of aliphatic carboxylic acids is 1. The molecule has 1 aromatic carbocycles. The normalized spacial score (nSPS) is 20.7. The van der Waals surface area contributed by atoms with Crippen LogP contribution in [0.2, 0.25) is 0 Å². The lowest BCUT2D eigenvalue weighted by Gasteiger charge is -2.13. The van der Waals surface area contributed by atoms with E-state index in [9.17, 15) is 14.0 Å². The number of carboxylic acids is 1. The van der Waals surface area contributed by atoms with E-state index in [-0.39, 0.29) is 11.7 Å². The molecule has 2 atom stereocenters. The van der Waals surface area contributed by atoms with E-state index in [1.807, 2.05) is 0 Å². The molecule has 0 heterocycles. The molecule has 6 heteroatoms. The first-order valence-electron chi connectivity index (χ1n) is 6.20. The monoisotopic (exact) mass is 278 g/mol. The molecule has 5 nitrogen and oxygen atoms in total. The van der Waals surface area contributed by atoms with Crippen molar-refractivity contribution in [2.24, 2.45) is 5.92 Å². The second-order valence-corrected chi connectivity index (χ2v) is 4.75. The summed E-state index contributed by atoms with van der Waals surface area (Å²) in [6.45, 7) is 1.75. The smallest absolute Gasteiger partial charge is 0.319 e. The van der Waals surface area contributed by atoms with Crippen LogP contribution in [-0.4, -0.2) is 23.1 Å². The first kappa shape index (κ1) is 14.0. The molecule has 0 aromatic heterocycles. The molecule has 106 valence electrons. The minimum Gasteiger partial charge on any atom is -0.481 e. The van der Waals surface area contributed by atoms with Gasteiger partial charge >= 0.3 is 12.0 Å². The molecule has 20 heavy (non-hydrogen) atoms. The van der Waals surface area contributed by atoms with Gasteiger partial charge in [0.25, 0.3) is 0 Å². The Morgan fingerprint density at radius 2 is 2.10 bits per heavy atom. The van der Waals surface area contributed by atoms with Crippen LogP contribution in [0.25, 0.3) is 0 Å². The number of anilines is 1. The first-order chi connectivity index (χ1) is 9.45. The minimum absolute atomic E-state index is 0.0878. The summed E-state index contributed by atoms with van der Waals surface area (Å²) in [7, 11) is 0. The van der Waals surface area contributed by atoms with Crippen molar-refractivity contribution in [2.75, 3.05) is 5.32 Å². The number of carboxylic acid groups (broad SMARTS) is 1. The highest BCUT2D eigenvalue weighted by Crippen LogP contribution is 2.19. The molecule has 0 bridgehead atoms. The lowest BCUT2D eigenvalue weighted by molar-refractivity contribution is -0.140. The van der Waals surface area contributed by atoms with Crippen molar-refractivity contribution in [3.05, 3.63) is 41.7 Å². The fourth-order valence-electron chi connectivity index (χ4n) is 2.04. The quantitative estimate of drug-likeness (QED) is 0.742. The number of nitrogens with one attached hydrogen (secondary N) is 2. The largest absolute Gasteiger partial charge is 0.481 e. The van der Waals surface area contributed by atoms with Crippen molar-refractivity contribution in [1.29, 1.82) is 0 Å². The number of carbonyl (C=O) groups excluding carboxylic acids is 1. The maximum absolute atomic E-state index is 13.6. The minimum atomic E-state index is -0.921. The molecule has 0 saturated heterocycles. The maximum Gasteiger partial charge on any atom is 0.319 e. The van der Waals surface area contributed by atoms with Crippen LogP contribution in [0.1, 0.15) is 12.0 Å². The molecule has 1 aliphatic rings. The zero-order valence-corrected chi connectivity index (χ0v) is 10.9. The second-order valence-electron chi connectivity index (χ2n) is 4.75. The third kappa shape index (κ3) is 3.34. The Morgan fingerprint density at radius 1 is 1.35 bits per heavy atom. The number of urea groups is 1. The average Bonchev–Trinajstić information content (AvgIpc) is 2.81. The van der Waals surface area contributed by atoms with Gasteiger partial charge in [0.1, 0.15) is 5.82 Å². The number of carbonyl (C=O) groups is 2. The SMILES string of the molecule is Cc1ccc(NC(=O)NC2C=CC(C(=O)O)C2)c(F)c1. The van der Waals surface area contributed by atoms with E-state index >= 15 is 0 Å². The molecule has 1 aliphatic carbocycles. The number of hydrogen-bond acceptors (Lipinski definition) is 2. The van der Waals surface area contributed by atoms with Crippen molar-refractivity contribution >= 4 is 17.7 Å². The van der Waals surface area contributed by atoms with E-state index in [0.29, 0.717) is 6.42 Å². The lowest BCUT2D eigenvalue weighted by atomic mass is 10.1. The van der Waals surface area contributed by atoms with Crippen LogP contribution in [0.4, 0.5) is 14.9 Å². The molecule has 3 N–H and O–H groups in total. The van der Waals surface area contributed by atoms with E-state index in [1.165, 1.54) is 12.1 Å². The van der Waals surface area contributed by atoms with Crippen LogP contribution >= 0.6 is 0 Å². The lowest BCUT2D eigenvalue weighted by Crippen LogP contribution is -2.36. The molecule has 1 aromatic rings. The summed E-state index contributed by atoms with van der Waals surface area (Å²) in [6.07, 6.45) is 3.47. The Labute approximate surface area is 115 Å². The Kier molecular flexibility index (Phi) is 4.02. The predicted octanol–water partition coefficient (Wildman–Crippen LogP) is 2.28. The number of rotatable bonds is 3. The van der Waals surface area contributed by atoms with Gasteiger partial charge in [-0.1, -0.05) is 18.2 Å². The van der Waals surface area contributed by atoms with Gasteiger partial charge in [-0.3, -0.25) is 4.79 Å². The van der Waals surface area contributed by atoms with Crippen molar-refractivity contribution in [3.8, 4) is 0 Å². The summed E-state index contributed by atoms with van der Waals surface area (Å²) in [5, 5.41) is 13.8. The summed E-state index contributed by atoms with van der Waals surface area (Å²) in [5.41, 5.74) is 0.848. The number of aryl methyl sites for hydroxylation is 1. The van der Waals surface area contributed by atoms with Crippen LogP contribution in [0.5, 0.6) is 0 Å². The van der Waals surface area contributed by atoms with Crippen molar-refractivity contribution in [3.63, 3.8) is 0 Å². The summed E-state index contributed by atoms with van der Waals surface area (Å²) < 4.78 is 13.6. The molecule has 0 radical (unpaired) electrons. The van der Waals surface area contributed by atoms with Crippen LogP contribution in [-0.2, 0) is 4.79 Å². The Balaban J connectivity index is 1.90. The molecular formula is C14H15FN2O3. The van der Waals surface area contributed by atoms with Gasteiger partial charge in [0.15, 0.2) is 0 Å². The number of benzene rings is 1. The van der Waals surface area contributed by atoms with E-state index in [0.717, 1.165) is 5.56 Å². The number of halogens is 1. The highest BCUT2D eigenvalue weighted by molar-refractivity contribution is 5.89. The zero-order valence-electron chi connectivity index (χ0n) is 10.9. The first-order valence-corrected chi connectivity index (χ1v) is 6.20. The van der Waals surface area contributed by atoms with Gasteiger partial charge in [0.2, 0.25) is 0 Å². The molecule has 0 spiro atoms. The maximum atomic E-state index is 13.6. The van der Waals surface area contributed by atoms with Crippen LogP contribution in [0, 0.1) is 18.7 Å². The van der Waals surface area contributed by atoms with Gasteiger partial charge in [0, 0.05) is 0 Å². The third-order valence-electron chi connectivity index (χ3n) is 3.09. The molecule has 0 saturated carbocycles. The fraction of sp³-hybridized carbons (Fsp3) is 0.286. The highest BCUT2D eigenvalue weighted by atomic mass is 19.1. The zero-order chi connectivity index (χ0) is 14.7. The molecule has 2 rings (SSSR count). The summed E-state index contributed by atoms with van der Waals surface area (Å²) >= 11 is 0. The van der Waals surface area contributed by atoms with E-state index in [4.69, 9.17) is 5.11 Å². The van der Waals surface area contributed by atoms with Gasteiger partial charge < -0.3 is 15.7 Å². The van der Waals surface area contributed by atoms with Gasteiger partial charge in [-0.05, 0) is 31.0 Å². The standard InChI is InChI=1S/C14H15FN2O3/c1-8-2-5-12(11(15)6-8)17-14(20)16-10-4-3-9(7-10)13(18)19/h2-6,9-10H,7H2,1H3,(H,18,19)(H2,16,17,20). The molecule has 0 aliphatic heterocycles. The molecular weight excluding hydrogens is 263 g/mol. The molecule has 0 fully saturated rings. The molecule has 2 amide bonds. The van der Waals surface area contributed by atoms with E-state index in [2.05, 4.69) is 10.6 Å². The van der Waals surface area contributed by atoms with Crippen molar-refractivity contribution in [2.45, 2.75) is 19.4 Å². The van der Waals surface area contributed by atoms with Crippen molar-refractivity contribution in [1.82, 2.24) is 5.32 Å². The predicted molar refractivity (Wildman–Crippen MR) is 72.0 cm³/mol. The Bertz CT molecular complexity index is 572. The summed E-state index contributed by atoms with van der Waals surface area (Å²) in [5.74, 6) is -2.02. The van der Waals surface area contributed by atoms with E-state index in [1.54, 1.807) is 25.1 Å². The van der Waals surface area contributed by atoms with Crippen LogP contribution in [0.15, 0.2) is 30.4 Å². The fourth-order valence-corrected chi connectivity index (χ4v) is 2.04. The van der Waals surface area contributed by atoms with Crippen LogP contribution in [0.3, 0.4) is 0 Å². The van der Waals surface area contributed by atoms with Crippen molar-refractivity contribution < 1.29 is 19.1 Å². The Hall–Kier alpha value is -2.37. The second kappa shape index (κ2) is 5.73. The molecule has 2 unspecified atom stereocenters. The third-order valence-corrected chi connectivity index (χ3v) is 3.09. The van der Waals surface area contributed by atoms with E-state index < -0.39 is 23.7 Å². The van der Waals surface area contributed by atoms with Gasteiger partial charge in [-0.2, -0.15) is 0 Å². The van der Waals surface area contributed by atoms with Gasteiger partial charge in [-0.15, -0.1) is 0 Å². The summed E-state index contributed by atoms with van der Waals surface area (Å²) in [4.78, 5) is 22.5. The Morgan fingerprint density at radius 3 is 2.70 bits per heavy atom.